The minimum Gasteiger partial charge on any atom is -0.372 e. The molecule has 0 amide bonds. The number of aryl methyl sites for hydroxylation is 1. The van der Waals surface area contributed by atoms with Gasteiger partial charge in [-0.15, -0.1) is 0 Å². The first-order valence-corrected chi connectivity index (χ1v) is 6.76. The minimum atomic E-state index is 1.09. The third-order valence-electron chi connectivity index (χ3n) is 3.04. The Labute approximate surface area is 106 Å². The predicted molar refractivity (Wildman–Crippen MR) is 77.0 cm³/mol. The standard InChI is InChI=1S/C16H25N/c1-5-11-17(12-6-2)14(4)16-10-8-9-15(7-3)13-16/h8-10,13H,4-7,11-12H2,1-3H3. The van der Waals surface area contributed by atoms with Gasteiger partial charge in [0.15, 0.2) is 0 Å². The van der Waals surface area contributed by atoms with Crippen molar-refractivity contribution in [1.29, 1.82) is 0 Å². The van der Waals surface area contributed by atoms with Gasteiger partial charge in [-0.2, -0.15) is 0 Å². The SMILES string of the molecule is C=C(c1cccc(CC)c1)N(CCC)CCC. The summed E-state index contributed by atoms with van der Waals surface area (Å²) >= 11 is 0. The van der Waals surface area contributed by atoms with E-state index in [0.717, 1.165) is 19.5 Å². The molecule has 0 aliphatic carbocycles. The molecule has 0 saturated heterocycles. The minimum absolute atomic E-state index is 1.09. The average Bonchev–Trinajstić information content (AvgIpc) is 2.38. The van der Waals surface area contributed by atoms with Crippen LogP contribution in [0.15, 0.2) is 30.8 Å². The van der Waals surface area contributed by atoms with E-state index in [1.54, 1.807) is 0 Å². The van der Waals surface area contributed by atoms with Gasteiger partial charge < -0.3 is 4.90 Å². The maximum atomic E-state index is 4.26. The summed E-state index contributed by atoms with van der Waals surface area (Å²) in [7, 11) is 0. The number of hydrogen-bond donors (Lipinski definition) is 0. The molecule has 94 valence electrons. The fraction of sp³-hybridized carbons (Fsp3) is 0.500. The first kappa shape index (κ1) is 13.8. The molecule has 0 aromatic heterocycles. The van der Waals surface area contributed by atoms with Crippen molar-refractivity contribution in [1.82, 2.24) is 4.90 Å². The van der Waals surface area contributed by atoms with Crippen molar-refractivity contribution in [3.8, 4) is 0 Å². The second-order valence-corrected chi connectivity index (χ2v) is 4.49. The summed E-state index contributed by atoms with van der Waals surface area (Å²) in [5, 5.41) is 0. The van der Waals surface area contributed by atoms with Gasteiger partial charge in [-0.1, -0.05) is 45.5 Å². The Morgan fingerprint density at radius 2 is 1.76 bits per heavy atom. The molecule has 0 radical (unpaired) electrons. The van der Waals surface area contributed by atoms with Gasteiger partial charge in [0.25, 0.3) is 0 Å². The van der Waals surface area contributed by atoms with Crippen LogP contribution in [-0.4, -0.2) is 18.0 Å². The van der Waals surface area contributed by atoms with Gasteiger partial charge in [0.1, 0.15) is 0 Å². The van der Waals surface area contributed by atoms with E-state index in [4.69, 9.17) is 0 Å². The molecule has 0 fully saturated rings. The summed E-state index contributed by atoms with van der Waals surface area (Å²) in [4.78, 5) is 2.40. The fourth-order valence-electron chi connectivity index (χ4n) is 2.07. The van der Waals surface area contributed by atoms with Gasteiger partial charge in [0.05, 0.1) is 0 Å². The summed E-state index contributed by atoms with van der Waals surface area (Å²) < 4.78 is 0. The van der Waals surface area contributed by atoms with Crippen LogP contribution in [0.2, 0.25) is 0 Å². The zero-order chi connectivity index (χ0) is 12.7. The van der Waals surface area contributed by atoms with Crippen LogP contribution >= 0.6 is 0 Å². The number of benzene rings is 1. The maximum absolute atomic E-state index is 4.26. The van der Waals surface area contributed by atoms with E-state index >= 15 is 0 Å². The Bertz CT molecular complexity index is 348. The summed E-state index contributed by atoms with van der Waals surface area (Å²) in [6.45, 7) is 13.1. The molecule has 0 unspecified atom stereocenters. The highest BCUT2D eigenvalue weighted by Crippen LogP contribution is 2.19. The van der Waals surface area contributed by atoms with Crippen molar-refractivity contribution in [2.24, 2.45) is 0 Å². The highest BCUT2D eigenvalue weighted by atomic mass is 15.1. The van der Waals surface area contributed by atoms with Crippen LogP contribution < -0.4 is 0 Å². The molecular weight excluding hydrogens is 206 g/mol. The lowest BCUT2D eigenvalue weighted by Gasteiger charge is -2.26. The molecule has 0 aliphatic rings. The lowest BCUT2D eigenvalue weighted by molar-refractivity contribution is 0.397. The quantitative estimate of drug-likeness (QED) is 0.674. The molecule has 17 heavy (non-hydrogen) atoms. The Morgan fingerprint density at radius 3 is 2.29 bits per heavy atom. The van der Waals surface area contributed by atoms with Crippen molar-refractivity contribution < 1.29 is 0 Å². The van der Waals surface area contributed by atoms with Gasteiger partial charge >= 0.3 is 0 Å². The van der Waals surface area contributed by atoms with Crippen LogP contribution in [0.5, 0.6) is 0 Å². The number of hydrogen-bond acceptors (Lipinski definition) is 1. The Kier molecular flexibility index (Phi) is 5.82. The summed E-state index contributed by atoms with van der Waals surface area (Å²) in [6, 6.07) is 8.75. The van der Waals surface area contributed by atoms with Crippen LogP contribution in [0.4, 0.5) is 0 Å². The third-order valence-corrected chi connectivity index (χ3v) is 3.04. The Hall–Kier alpha value is -1.24. The molecule has 0 atom stereocenters. The fourth-order valence-corrected chi connectivity index (χ4v) is 2.07. The predicted octanol–water partition coefficient (Wildman–Crippen LogP) is 4.34. The molecule has 1 rings (SSSR count). The summed E-state index contributed by atoms with van der Waals surface area (Å²) in [5.41, 5.74) is 3.83. The zero-order valence-corrected chi connectivity index (χ0v) is 11.5. The van der Waals surface area contributed by atoms with Gasteiger partial charge in [0.2, 0.25) is 0 Å². The molecular formula is C16H25N. The van der Waals surface area contributed by atoms with Crippen molar-refractivity contribution in [2.45, 2.75) is 40.0 Å². The molecule has 1 aromatic carbocycles. The summed E-state index contributed by atoms with van der Waals surface area (Å²) in [5.74, 6) is 0. The molecule has 0 N–H and O–H groups in total. The van der Waals surface area contributed by atoms with E-state index in [2.05, 4.69) is 56.5 Å². The molecule has 0 spiro atoms. The first-order chi connectivity index (χ1) is 8.22. The van der Waals surface area contributed by atoms with Crippen molar-refractivity contribution in [3.05, 3.63) is 42.0 Å². The van der Waals surface area contributed by atoms with Gasteiger partial charge in [-0.25, -0.2) is 0 Å². The van der Waals surface area contributed by atoms with Crippen molar-refractivity contribution >= 4 is 5.70 Å². The zero-order valence-electron chi connectivity index (χ0n) is 11.5. The lowest BCUT2D eigenvalue weighted by atomic mass is 10.1. The molecule has 0 bridgehead atoms. The van der Waals surface area contributed by atoms with Gasteiger partial charge in [0, 0.05) is 18.8 Å². The molecule has 1 aromatic rings. The topological polar surface area (TPSA) is 3.24 Å². The van der Waals surface area contributed by atoms with E-state index in [0.29, 0.717) is 0 Å². The largest absolute Gasteiger partial charge is 0.372 e. The van der Waals surface area contributed by atoms with Crippen molar-refractivity contribution in [3.63, 3.8) is 0 Å². The van der Waals surface area contributed by atoms with Crippen LogP contribution in [0.3, 0.4) is 0 Å². The highest BCUT2D eigenvalue weighted by Gasteiger charge is 2.08. The molecule has 1 heteroatoms. The second kappa shape index (κ2) is 7.16. The van der Waals surface area contributed by atoms with E-state index in [-0.39, 0.29) is 0 Å². The Balaban J connectivity index is 2.84. The van der Waals surface area contributed by atoms with E-state index in [1.807, 2.05) is 0 Å². The van der Waals surface area contributed by atoms with Crippen LogP contribution in [0, 0.1) is 0 Å². The third kappa shape index (κ3) is 3.92. The van der Waals surface area contributed by atoms with Gasteiger partial charge in [-0.3, -0.25) is 0 Å². The second-order valence-electron chi connectivity index (χ2n) is 4.49. The van der Waals surface area contributed by atoms with Crippen LogP contribution in [0.25, 0.3) is 5.70 Å². The first-order valence-electron chi connectivity index (χ1n) is 6.76. The smallest absolute Gasteiger partial charge is 0.0366 e. The number of nitrogens with zero attached hydrogens (tertiary/aromatic N) is 1. The molecule has 0 aliphatic heterocycles. The van der Waals surface area contributed by atoms with E-state index < -0.39 is 0 Å². The molecule has 0 heterocycles. The van der Waals surface area contributed by atoms with Crippen molar-refractivity contribution in [2.75, 3.05) is 13.1 Å². The normalized spacial score (nSPS) is 10.3. The lowest BCUT2D eigenvalue weighted by Crippen LogP contribution is -2.23. The Morgan fingerprint density at radius 1 is 1.12 bits per heavy atom. The molecule has 0 saturated carbocycles. The van der Waals surface area contributed by atoms with Gasteiger partial charge in [-0.05, 0) is 36.5 Å². The monoisotopic (exact) mass is 231 g/mol. The van der Waals surface area contributed by atoms with E-state index in [1.165, 1.54) is 29.7 Å². The van der Waals surface area contributed by atoms with Crippen LogP contribution in [-0.2, 0) is 6.42 Å². The highest BCUT2D eigenvalue weighted by molar-refractivity contribution is 5.62. The molecule has 1 nitrogen and oxygen atoms in total. The average molecular weight is 231 g/mol. The van der Waals surface area contributed by atoms with E-state index in [9.17, 15) is 0 Å². The van der Waals surface area contributed by atoms with Crippen LogP contribution in [0.1, 0.15) is 44.7 Å². The summed E-state index contributed by atoms with van der Waals surface area (Å²) in [6.07, 6.45) is 3.43. The maximum Gasteiger partial charge on any atom is 0.0366 e. The number of rotatable bonds is 7.